The van der Waals surface area contributed by atoms with Gasteiger partial charge in [0.05, 0.1) is 11.2 Å². The summed E-state index contributed by atoms with van der Waals surface area (Å²) in [6, 6.07) is 4.54. The molecular formula is C18H19FN2O2S. The minimum absolute atomic E-state index is 0.0384. The molecule has 24 heavy (non-hydrogen) atoms. The van der Waals surface area contributed by atoms with Crippen LogP contribution in [0.5, 0.6) is 5.75 Å². The smallest absolute Gasteiger partial charge is 0.134 e. The zero-order valence-electron chi connectivity index (χ0n) is 14.1. The van der Waals surface area contributed by atoms with Crippen LogP contribution in [0.25, 0.3) is 10.9 Å². The first-order valence-corrected chi connectivity index (χ1v) is 8.54. The third-order valence-corrected chi connectivity index (χ3v) is 5.06. The average molecular weight is 346 g/mol. The van der Waals surface area contributed by atoms with Crippen LogP contribution in [0.3, 0.4) is 0 Å². The first-order chi connectivity index (χ1) is 11.5. The maximum atomic E-state index is 13.6. The number of hydrogen-bond donors (Lipinski definition) is 0. The molecular weight excluding hydrogens is 327 g/mol. The van der Waals surface area contributed by atoms with Gasteiger partial charge < -0.3 is 9.47 Å². The third-order valence-electron chi connectivity index (χ3n) is 4.01. The highest BCUT2D eigenvalue weighted by molar-refractivity contribution is 7.09. The number of halogens is 1. The molecule has 0 unspecified atom stereocenters. The van der Waals surface area contributed by atoms with Crippen LogP contribution in [0.15, 0.2) is 23.6 Å². The second kappa shape index (κ2) is 6.83. The van der Waals surface area contributed by atoms with Gasteiger partial charge in [-0.15, -0.1) is 11.3 Å². The zero-order chi connectivity index (χ0) is 17.3. The fraction of sp³-hybridized carbons (Fsp3) is 0.333. The summed E-state index contributed by atoms with van der Waals surface area (Å²) in [5, 5.41) is 3.55. The molecule has 2 aromatic heterocycles. The summed E-state index contributed by atoms with van der Waals surface area (Å²) in [6.07, 6.45) is -0.0384. The monoisotopic (exact) mass is 346 g/mol. The van der Waals surface area contributed by atoms with Crippen LogP contribution >= 0.6 is 11.3 Å². The molecule has 0 saturated heterocycles. The lowest BCUT2D eigenvalue weighted by molar-refractivity contribution is 0.119. The highest BCUT2D eigenvalue weighted by atomic mass is 32.1. The molecule has 0 bridgehead atoms. The van der Waals surface area contributed by atoms with Crippen LogP contribution in [0.4, 0.5) is 4.39 Å². The largest absolute Gasteiger partial charge is 0.486 e. The average Bonchev–Trinajstić information content (AvgIpc) is 3.04. The molecule has 3 rings (SSSR count). The molecule has 0 N–H and O–H groups in total. The first kappa shape index (κ1) is 16.8. The van der Waals surface area contributed by atoms with E-state index in [1.54, 1.807) is 24.5 Å². The molecule has 4 nitrogen and oxygen atoms in total. The molecule has 0 amide bonds. The van der Waals surface area contributed by atoms with Crippen LogP contribution in [-0.2, 0) is 11.3 Å². The first-order valence-electron chi connectivity index (χ1n) is 7.66. The highest BCUT2D eigenvalue weighted by Gasteiger charge is 2.14. The molecule has 0 aliphatic carbocycles. The Morgan fingerprint density at radius 1 is 1.25 bits per heavy atom. The molecule has 0 saturated carbocycles. The lowest BCUT2D eigenvalue weighted by atomic mass is 10.1. The number of nitrogens with zero attached hydrogens (tertiary/aromatic N) is 2. The molecule has 0 spiro atoms. The minimum Gasteiger partial charge on any atom is -0.486 e. The van der Waals surface area contributed by atoms with Crippen LogP contribution in [-0.4, -0.2) is 17.1 Å². The number of aryl methyl sites for hydroxylation is 1. The maximum Gasteiger partial charge on any atom is 0.134 e. The van der Waals surface area contributed by atoms with E-state index < -0.39 is 0 Å². The molecule has 6 heteroatoms. The van der Waals surface area contributed by atoms with Gasteiger partial charge in [-0.2, -0.15) is 0 Å². The van der Waals surface area contributed by atoms with Crippen LogP contribution < -0.4 is 4.74 Å². The van der Waals surface area contributed by atoms with Crippen molar-refractivity contribution in [3.05, 3.63) is 51.4 Å². The molecule has 1 atom stereocenters. The number of rotatable bonds is 5. The number of benzene rings is 1. The maximum absolute atomic E-state index is 13.6. The molecule has 0 aliphatic rings. The topological polar surface area (TPSA) is 44.2 Å². The summed E-state index contributed by atoms with van der Waals surface area (Å²) in [5.41, 5.74) is 3.34. The SMILES string of the molecule is CO[C@@H](C)c1nc(COc2c(C)c(C)nc3ccc(F)cc23)cs1. The Hall–Kier alpha value is -2.05. The van der Waals surface area contributed by atoms with Gasteiger partial charge in [0, 0.05) is 29.1 Å². The van der Waals surface area contributed by atoms with E-state index in [0.717, 1.165) is 27.5 Å². The fourth-order valence-electron chi connectivity index (χ4n) is 2.43. The van der Waals surface area contributed by atoms with Gasteiger partial charge in [-0.05, 0) is 39.0 Å². The van der Waals surface area contributed by atoms with Gasteiger partial charge in [0.2, 0.25) is 0 Å². The Morgan fingerprint density at radius 3 is 2.79 bits per heavy atom. The Kier molecular flexibility index (Phi) is 4.78. The molecule has 2 heterocycles. The molecule has 126 valence electrons. The summed E-state index contributed by atoms with van der Waals surface area (Å²) >= 11 is 1.54. The number of hydrogen-bond acceptors (Lipinski definition) is 5. The number of fused-ring (bicyclic) bond motifs is 1. The quantitative estimate of drug-likeness (QED) is 0.670. The van der Waals surface area contributed by atoms with Crippen molar-refractivity contribution >= 4 is 22.2 Å². The number of aromatic nitrogens is 2. The van der Waals surface area contributed by atoms with Crippen LogP contribution in [0, 0.1) is 19.7 Å². The van der Waals surface area contributed by atoms with Crippen molar-refractivity contribution in [3.63, 3.8) is 0 Å². The van der Waals surface area contributed by atoms with Gasteiger partial charge in [0.15, 0.2) is 0 Å². The predicted octanol–water partition coefficient (Wildman–Crippen LogP) is 4.73. The Labute approximate surface area is 144 Å². The van der Waals surface area contributed by atoms with E-state index in [2.05, 4.69) is 9.97 Å². The van der Waals surface area contributed by atoms with E-state index in [-0.39, 0.29) is 11.9 Å². The summed E-state index contributed by atoms with van der Waals surface area (Å²) in [7, 11) is 1.66. The highest BCUT2D eigenvalue weighted by Crippen LogP contribution is 2.31. The summed E-state index contributed by atoms with van der Waals surface area (Å²) in [6.45, 7) is 6.13. The number of methoxy groups -OCH3 is 1. The van der Waals surface area contributed by atoms with Crippen molar-refractivity contribution < 1.29 is 13.9 Å². The van der Waals surface area contributed by atoms with Crippen molar-refractivity contribution in [2.75, 3.05) is 7.11 Å². The van der Waals surface area contributed by atoms with E-state index >= 15 is 0 Å². The second-order valence-corrected chi connectivity index (χ2v) is 6.55. The summed E-state index contributed by atoms with van der Waals surface area (Å²) in [5.74, 6) is 0.355. The van der Waals surface area contributed by atoms with Crippen LogP contribution in [0.2, 0.25) is 0 Å². The lowest BCUT2D eigenvalue weighted by Gasteiger charge is -2.13. The van der Waals surface area contributed by atoms with Crippen molar-refractivity contribution in [2.45, 2.75) is 33.5 Å². The van der Waals surface area contributed by atoms with E-state index in [1.807, 2.05) is 26.2 Å². The van der Waals surface area contributed by atoms with E-state index in [9.17, 15) is 4.39 Å². The molecule has 3 aromatic rings. The van der Waals surface area contributed by atoms with Gasteiger partial charge in [0.1, 0.15) is 29.3 Å². The molecule has 0 aliphatic heterocycles. The third kappa shape index (κ3) is 3.25. The van der Waals surface area contributed by atoms with E-state index in [1.165, 1.54) is 12.1 Å². The minimum atomic E-state index is -0.303. The van der Waals surface area contributed by atoms with Gasteiger partial charge in [-0.1, -0.05) is 0 Å². The summed E-state index contributed by atoms with van der Waals surface area (Å²) in [4.78, 5) is 9.02. The fourth-order valence-corrected chi connectivity index (χ4v) is 3.26. The van der Waals surface area contributed by atoms with Gasteiger partial charge in [0.25, 0.3) is 0 Å². The van der Waals surface area contributed by atoms with Gasteiger partial charge >= 0.3 is 0 Å². The number of ether oxygens (including phenoxy) is 2. The van der Waals surface area contributed by atoms with Crippen molar-refractivity contribution in [1.29, 1.82) is 0 Å². The summed E-state index contributed by atoms with van der Waals surface area (Å²) < 4.78 is 24.9. The van der Waals surface area contributed by atoms with E-state index in [4.69, 9.17) is 9.47 Å². The Morgan fingerprint density at radius 2 is 2.04 bits per heavy atom. The van der Waals surface area contributed by atoms with Crippen molar-refractivity contribution in [1.82, 2.24) is 9.97 Å². The standard InChI is InChI=1S/C18H19FN2O2S/c1-10-11(2)20-16-6-5-13(19)7-15(16)17(10)23-8-14-9-24-18(21-14)12(3)22-4/h5-7,9,12H,8H2,1-4H3/t12-/m0/s1. The van der Waals surface area contributed by atoms with Crippen LogP contribution in [0.1, 0.15) is 35.0 Å². The van der Waals surface area contributed by atoms with Gasteiger partial charge in [-0.25, -0.2) is 9.37 Å². The zero-order valence-corrected chi connectivity index (χ0v) is 14.9. The second-order valence-electron chi connectivity index (χ2n) is 5.66. The lowest BCUT2D eigenvalue weighted by Crippen LogP contribution is -2.02. The molecule has 0 fully saturated rings. The molecule has 0 radical (unpaired) electrons. The number of pyridine rings is 1. The number of thiazole rings is 1. The van der Waals surface area contributed by atoms with Crippen molar-refractivity contribution in [2.24, 2.45) is 0 Å². The Bertz CT molecular complexity index is 879. The Balaban J connectivity index is 1.90. The van der Waals surface area contributed by atoms with Crippen molar-refractivity contribution in [3.8, 4) is 5.75 Å². The van der Waals surface area contributed by atoms with Gasteiger partial charge in [-0.3, -0.25) is 4.98 Å². The van der Waals surface area contributed by atoms with E-state index in [0.29, 0.717) is 17.7 Å². The predicted molar refractivity (Wildman–Crippen MR) is 93.0 cm³/mol. The molecule has 1 aromatic carbocycles. The normalized spacial score (nSPS) is 12.5.